The quantitative estimate of drug-likeness (QED) is 0.705. The summed E-state index contributed by atoms with van der Waals surface area (Å²) in [5.74, 6) is 0.202. The third-order valence-corrected chi connectivity index (χ3v) is 3.14. The second kappa shape index (κ2) is 4.20. The van der Waals surface area contributed by atoms with Gasteiger partial charge in [-0.1, -0.05) is 24.3 Å². The summed E-state index contributed by atoms with van der Waals surface area (Å²) in [5, 5.41) is 5.79. The Kier molecular flexibility index (Phi) is 2.52. The van der Waals surface area contributed by atoms with E-state index in [-0.39, 0.29) is 5.78 Å². The van der Waals surface area contributed by atoms with Crippen molar-refractivity contribution in [2.24, 2.45) is 7.05 Å². The summed E-state index contributed by atoms with van der Waals surface area (Å²) in [5.41, 5.74) is 6.79. The van der Waals surface area contributed by atoms with Crippen LogP contribution < -0.4 is 5.73 Å². The summed E-state index contributed by atoms with van der Waals surface area (Å²) in [4.78, 5) is 16.6. The molecule has 19 heavy (non-hydrogen) atoms. The molecule has 3 rings (SSSR count). The number of pyridine rings is 1. The Bertz CT molecular complexity index is 771. The van der Waals surface area contributed by atoms with Crippen molar-refractivity contribution in [3.63, 3.8) is 0 Å². The second-order valence-electron chi connectivity index (χ2n) is 4.30. The average molecular weight is 252 g/mol. The van der Waals surface area contributed by atoms with E-state index in [0.29, 0.717) is 16.9 Å². The molecule has 2 aromatic heterocycles. The van der Waals surface area contributed by atoms with Crippen LogP contribution in [0.25, 0.3) is 10.8 Å². The van der Waals surface area contributed by atoms with Gasteiger partial charge in [0.05, 0.1) is 11.8 Å². The van der Waals surface area contributed by atoms with Crippen LogP contribution in [0, 0.1) is 0 Å². The molecule has 0 spiro atoms. The molecule has 1 aromatic carbocycles. The molecule has 3 aromatic rings. The van der Waals surface area contributed by atoms with E-state index in [1.807, 2.05) is 24.3 Å². The van der Waals surface area contributed by atoms with Crippen molar-refractivity contribution in [1.29, 1.82) is 0 Å². The minimum Gasteiger partial charge on any atom is -0.383 e. The van der Waals surface area contributed by atoms with Crippen molar-refractivity contribution in [3.05, 3.63) is 54.0 Å². The normalized spacial score (nSPS) is 10.8. The molecular weight excluding hydrogens is 240 g/mol. The summed E-state index contributed by atoms with van der Waals surface area (Å²) in [7, 11) is 1.70. The maximum Gasteiger partial charge on any atom is 0.200 e. The molecular formula is C14H12N4O. The van der Waals surface area contributed by atoms with Gasteiger partial charge in [-0.15, -0.1) is 0 Å². The largest absolute Gasteiger partial charge is 0.383 e. The highest BCUT2D eigenvalue weighted by molar-refractivity contribution is 6.17. The van der Waals surface area contributed by atoms with Gasteiger partial charge in [0.25, 0.3) is 0 Å². The van der Waals surface area contributed by atoms with Gasteiger partial charge in [-0.05, 0) is 5.39 Å². The summed E-state index contributed by atoms with van der Waals surface area (Å²) in [6.07, 6.45) is 4.79. The Morgan fingerprint density at radius 2 is 1.95 bits per heavy atom. The zero-order valence-electron chi connectivity index (χ0n) is 10.4. The first-order valence-corrected chi connectivity index (χ1v) is 5.83. The van der Waals surface area contributed by atoms with Gasteiger partial charge in [0.1, 0.15) is 5.82 Å². The van der Waals surface area contributed by atoms with E-state index in [1.54, 1.807) is 19.4 Å². The molecule has 94 valence electrons. The number of hydrogen-bond donors (Lipinski definition) is 1. The van der Waals surface area contributed by atoms with Gasteiger partial charge in [-0.2, -0.15) is 5.10 Å². The van der Waals surface area contributed by atoms with E-state index in [0.717, 1.165) is 10.8 Å². The molecule has 0 amide bonds. The van der Waals surface area contributed by atoms with Gasteiger partial charge in [0.2, 0.25) is 5.78 Å². The van der Waals surface area contributed by atoms with Crippen molar-refractivity contribution in [1.82, 2.24) is 14.8 Å². The lowest BCUT2D eigenvalue weighted by atomic mass is 10.0. The first kappa shape index (κ1) is 11.4. The highest BCUT2D eigenvalue weighted by Gasteiger charge is 2.18. The molecule has 5 heteroatoms. The number of nitrogens with two attached hydrogens (primary N) is 1. The number of aromatic nitrogens is 3. The number of nitrogen functional groups attached to an aromatic ring is 1. The molecule has 5 nitrogen and oxygen atoms in total. The molecule has 2 heterocycles. The minimum absolute atomic E-state index is 0.157. The summed E-state index contributed by atoms with van der Waals surface area (Å²) >= 11 is 0. The number of ketones is 1. The van der Waals surface area contributed by atoms with Crippen LogP contribution in [0.2, 0.25) is 0 Å². The van der Waals surface area contributed by atoms with E-state index in [9.17, 15) is 4.79 Å². The number of anilines is 1. The molecule has 0 aliphatic carbocycles. The molecule has 0 radical (unpaired) electrons. The van der Waals surface area contributed by atoms with E-state index < -0.39 is 0 Å². The molecule has 0 fully saturated rings. The Labute approximate surface area is 109 Å². The lowest BCUT2D eigenvalue weighted by molar-refractivity contribution is 0.104. The van der Waals surface area contributed by atoms with Gasteiger partial charge in [-0.25, -0.2) is 0 Å². The SMILES string of the molecule is Cn1ncc(C(=O)c2cncc3ccccc23)c1N. The summed E-state index contributed by atoms with van der Waals surface area (Å²) in [6, 6.07) is 7.63. The van der Waals surface area contributed by atoms with Crippen LogP contribution in [0.3, 0.4) is 0 Å². The molecule has 2 N–H and O–H groups in total. The van der Waals surface area contributed by atoms with Crippen molar-refractivity contribution < 1.29 is 4.79 Å². The van der Waals surface area contributed by atoms with Crippen LogP contribution in [0.1, 0.15) is 15.9 Å². The molecule has 0 bridgehead atoms. The number of benzene rings is 1. The highest BCUT2D eigenvalue weighted by Crippen LogP contribution is 2.22. The molecule has 0 aliphatic rings. The van der Waals surface area contributed by atoms with E-state index in [1.165, 1.54) is 10.9 Å². The fraction of sp³-hybridized carbons (Fsp3) is 0.0714. The summed E-state index contributed by atoms with van der Waals surface area (Å²) < 4.78 is 1.48. The number of fused-ring (bicyclic) bond motifs is 1. The first-order valence-electron chi connectivity index (χ1n) is 5.83. The summed E-state index contributed by atoms with van der Waals surface area (Å²) in [6.45, 7) is 0. The van der Waals surface area contributed by atoms with Crippen molar-refractivity contribution in [3.8, 4) is 0 Å². The molecule has 0 atom stereocenters. The topological polar surface area (TPSA) is 73.8 Å². The Hall–Kier alpha value is -2.69. The number of carbonyl (C=O) groups excluding carboxylic acids is 1. The number of aryl methyl sites for hydroxylation is 1. The predicted molar refractivity (Wildman–Crippen MR) is 72.8 cm³/mol. The van der Waals surface area contributed by atoms with Crippen LogP contribution in [-0.2, 0) is 7.05 Å². The van der Waals surface area contributed by atoms with E-state index in [2.05, 4.69) is 10.1 Å². The van der Waals surface area contributed by atoms with E-state index in [4.69, 9.17) is 5.73 Å². The van der Waals surface area contributed by atoms with Crippen LogP contribution in [0.5, 0.6) is 0 Å². The van der Waals surface area contributed by atoms with Gasteiger partial charge in [0, 0.05) is 30.4 Å². The number of carbonyl (C=O) groups is 1. The number of hydrogen-bond acceptors (Lipinski definition) is 4. The van der Waals surface area contributed by atoms with Crippen molar-refractivity contribution in [2.75, 3.05) is 5.73 Å². The van der Waals surface area contributed by atoms with Gasteiger partial charge >= 0.3 is 0 Å². The number of rotatable bonds is 2. The fourth-order valence-electron chi connectivity index (χ4n) is 2.06. The molecule has 0 saturated carbocycles. The Balaban J connectivity index is 2.20. The fourth-order valence-corrected chi connectivity index (χ4v) is 2.06. The Morgan fingerprint density at radius 3 is 2.68 bits per heavy atom. The van der Waals surface area contributed by atoms with Crippen molar-refractivity contribution in [2.45, 2.75) is 0 Å². The third-order valence-electron chi connectivity index (χ3n) is 3.14. The van der Waals surface area contributed by atoms with Crippen LogP contribution >= 0.6 is 0 Å². The van der Waals surface area contributed by atoms with Crippen LogP contribution in [0.15, 0.2) is 42.9 Å². The van der Waals surface area contributed by atoms with Crippen LogP contribution in [-0.4, -0.2) is 20.5 Å². The molecule has 0 saturated heterocycles. The average Bonchev–Trinajstić information content (AvgIpc) is 2.78. The highest BCUT2D eigenvalue weighted by atomic mass is 16.1. The zero-order chi connectivity index (χ0) is 13.4. The smallest absolute Gasteiger partial charge is 0.200 e. The molecule has 0 aliphatic heterocycles. The lowest BCUT2D eigenvalue weighted by Gasteiger charge is -2.04. The predicted octanol–water partition coefficient (Wildman–Crippen LogP) is 1.78. The zero-order valence-corrected chi connectivity index (χ0v) is 10.4. The van der Waals surface area contributed by atoms with Crippen LogP contribution in [0.4, 0.5) is 5.82 Å². The van der Waals surface area contributed by atoms with E-state index >= 15 is 0 Å². The lowest BCUT2D eigenvalue weighted by Crippen LogP contribution is -2.07. The third kappa shape index (κ3) is 1.76. The standard InChI is InChI=1S/C14H12N4O/c1-18-14(15)12(8-17-18)13(19)11-7-16-6-9-4-2-3-5-10(9)11/h2-8H,15H2,1H3. The van der Waals surface area contributed by atoms with Gasteiger partial charge in [0.15, 0.2) is 0 Å². The second-order valence-corrected chi connectivity index (χ2v) is 4.30. The number of nitrogens with zero attached hydrogens (tertiary/aromatic N) is 3. The molecule has 0 unspecified atom stereocenters. The van der Waals surface area contributed by atoms with Crippen molar-refractivity contribution >= 4 is 22.4 Å². The maximum atomic E-state index is 12.5. The Morgan fingerprint density at radius 1 is 1.16 bits per heavy atom. The van der Waals surface area contributed by atoms with Gasteiger partial charge in [-0.3, -0.25) is 14.5 Å². The maximum absolute atomic E-state index is 12.5. The minimum atomic E-state index is -0.157. The monoisotopic (exact) mass is 252 g/mol. The first-order chi connectivity index (χ1) is 9.18. The van der Waals surface area contributed by atoms with Gasteiger partial charge < -0.3 is 5.73 Å².